The zero-order valence-electron chi connectivity index (χ0n) is 20.0. The first kappa shape index (κ1) is 26.7. The first-order valence-corrected chi connectivity index (χ1v) is 11.1. The predicted molar refractivity (Wildman–Crippen MR) is 118 cm³/mol. The van der Waals surface area contributed by atoms with Gasteiger partial charge in [0.25, 0.3) is 0 Å². The van der Waals surface area contributed by atoms with Crippen LogP contribution in [0.4, 0.5) is 4.79 Å². The Morgan fingerprint density at radius 3 is 2.03 bits per heavy atom. The predicted octanol–water partition coefficient (Wildman–Crippen LogP) is 1.93. The van der Waals surface area contributed by atoms with Crippen molar-refractivity contribution < 1.29 is 23.9 Å². The second-order valence-corrected chi connectivity index (χ2v) is 10.1. The first-order valence-electron chi connectivity index (χ1n) is 11.1. The van der Waals surface area contributed by atoms with Gasteiger partial charge in [-0.15, -0.1) is 0 Å². The van der Waals surface area contributed by atoms with E-state index in [1.807, 2.05) is 27.7 Å². The largest absolute Gasteiger partial charge is 0.444 e. The van der Waals surface area contributed by atoms with Gasteiger partial charge in [-0.2, -0.15) is 0 Å². The summed E-state index contributed by atoms with van der Waals surface area (Å²) < 4.78 is 5.28. The zero-order valence-corrected chi connectivity index (χ0v) is 20.0. The molecule has 0 radical (unpaired) electrons. The molecule has 1 heterocycles. The summed E-state index contributed by atoms with van der Waals surface area (Å²) in [7, 11) is 0. The van der Waals surface area contributed by atoms with Gasteiger partial charge in [0, 0.05) is 6.54 Å². The lowest BCUT2D eigenvalue weighted by Crippen LogP contribution is -2.57. The first-order chi connectivity index (χ1) is 14.2. The number of hydrogen-bond donors (Lipinski definition) is 3. The molecule has 1 fully saturated rings. The van der Waals surface area contributed by atoms with Crippen LogP contribution in [0.15, 0.2) is 0 Å². The normalized spacial score (nSPS) is 18.6. The van der Waals surface area contributed by atoms with Crippen LogP contribution in [0.5, 0.6) is 0 Å². The Balaban J connectivity index is 2.98. The minimum atomic E-state index is -0.845. The summed E-state index contributed by atoms with van der Waals surface area (Å²) >= 11 is 0. The number of hydrogen-bond acceptors (Lipinski definition) is 5. The maximum atomic E-state index is 13.2. The van der Waals surface area contributed by atoms with Gasteiger partial charge < -0.3 is 26.0 Å². The summed E-state index contributed by atoms with van der Waals surface area (Å²) in [6, 6.07) is -2.30. The highest BCUT2D eigenvalue weighted by Crippen LogP contribution is 2.20. The molecule has 1 saturated heterocycles. The second kappa shape index (κ2) is 11.3. The fraction of sp³-hybridized carbons (Fsp3) is 0.818. The van der Waals surface area contributed by atoms with Crippen molar-refractivity contribution in [2.24, 2.45) is 17.6 Å². The molecule has 1 aliphatic heterocycles. The Hall–Kier alpha value is -2.32. The number of nitrogens with two attached hydrogens (primary N) is 1. The van der Waals surface area contributed by atoms with E-state index in [0.717, 1.165) is 0 Å². The van der Waals surface area contributed by atoms with Gasteiger partial charge in [0.05, 0.1) is 0 Å². The molecule has 1 aliphatic rings. The van der Waals surface area contributed by atoms with E-state index in [4.69, 9.17) is 10.5 Å². The van der Waals surface area contributed by atoms with Crippen molar-refractivity contribution in [3.63, 3.8) is 0 Å². The van der Waals surface area contributed by atoms with Crippen LogP contribution < -0.4 is 16.4 Å². The van der Waals surface area contributed by atoms with E-state index in [0.29, 0.717) is 32.2 Å². The van der Waals surface area contributed by atoms with Gasteiger partial charge in [0.15, 0.2) is 0 Å². The molecule has 0 aromatic rings. The van der Waals surface area contributed by atoms with Crippen LogP contribution >= 0.6 is 0 Å². The average Bonchev–Trinajstić information content (AvgIpc) is 3.07. The van der Waals surface area contributed by atoms with E-state index >= 15 is 0 Å². The maximum Gasteiger partial charge on any atom is 0.408 e. The van der Waals surface area contributed by atoms with Gasteiger partial charge in [-0.1, -0.05) is 27.7 Å². The Bertz CT molecular complexity index is 657. The van der Waals surface area contributed by atoms with E-state index in [1.165, 1.54) is 4.90 Å². The van der Waals surface area contributed by atoms with Crippen molar-refractivity contribution in [3.05, 3.63) is 0 Å². The van der Waals surface area contributed by atoms with Crippen molar-refractivity contribution in [2.75, 3.05) is 6.54 Å². The third-order valence-electron chi connectivity index (χ3n) is 4.90. The zero-order chi connectivity index (χ0) is 23.9. The van der Waals surface area contributed by atoms with Crippen LogP contribution in [-0.4, -0.2) is 59.0 Å². The number of nitrogens with one attached hydrogen (secondary N) is 2. The van der Waals surface area contributed by atoms with Crippen LogP contribution in [0.3, 0.4) is 0 Å². The van der Waals surface area contributed by atoms with Gasteiger partial charge in [0.1, 0.15) is 23.7 Å². The number of primary amides is 1. The highest BCUT2D eigenvalue weighted by atomic mass is 16.6. The average molecular weight is 441 g/mol. The Morgan fingerprint density at radius 1 is 1.00 bits per heavy atom. The van der Waals surface area contributed by atoms with Crippen LogP contribution in [0.25, 0.3) is 0 Å². The molecule has 9 nitrogen and oxygen atoms in total. The molecule has 0 unspecified atom stereocenters. The molecule has 0 bridgehead atoms. The smallest absolute Gasteiger partial charge is 0.408 e. The highest BCUT2D eigenvalue weighted by molar-refractivity contribution is 5.93. The summed E-state index contributed by atoms with van der Waals surface area (Å²) in [5.41, 5.74) is 4.76. The molecule has 0 aromatic carbocycles. The summed E-state index contributed by atoms with van der Waals surface area (Å²) in [5, 5.41) is 5.43. The number of rotatable bonds is 9. The molecule has 0 saturated carbocycles. The highest BCUT2D eigenvalue weighted by Gasteiger charge is 2.37. The minimum Gasteiger partial charge on any atom is -0.444 e. The summed E-state index contributed by atoms with van der Waals surface area (Å²) in [6.07, 6.45) is 1.33. The van der Waals surface area contributed by atoms with Crippen LogP contribution in [-0.2, 0) is 19.1 Å². The Morgan fingerprint density at radius 2 is 1.55 bits per heavy atom. The minimum absolute atomic E-state index is 0.128. The summed E-state index contributed by atoms with van der Waals surface area (Å²) in [6.45, 7) is 13.4. The molecule has 4 amide bonds. The van der Waals surface area contributed by atoms with Gasteiger partial charge in [-0.25, -0.2) is 4.79 Å². The summed E-state index contributed by atoms with van der Waals surface area (Å²) in [5.74, 6) is -1.05. The number of carbonyl (C=O) groups excluding carboxylic acids is 4. The fourth-order valence-electron chi connectivity index (χ4n) is 3.64. The van der Waals surface area contributed by atoms with Crippen molar-refractivity contribution in [2.45, 2.75) is 97.9 Å². The lowest BCUT2D eigenvalue weighted by atomic mass is 9.99. The Labute approximate surface area is 185 Å². The fourth-order valence-corrected chi connectivity index (χ4v) is 3.64. The lowest BCUT2D eigenvalue weighted by molar-refractivity contribution is -0.141. The molecule has 31 heavy (non-hydrogen) atoms. The molecule has 4 N–H and O–H groups in total. The van der Waals surface area contributed by atoms with E-state index in [-0.39, 0.29) is 17.7 Å². The monoisotopic (exact) mass is 440 g/mol. The number of nitrogens with zero attached hydrogens (tertiary/aromatic N) is 1. The molecule has 1 rings (SSSR count). The number of alkyl carbamates (subject to hydrolysis) is 1. The number of ether oxygens (including phenoxy) is 1. The molecule has 9 heteroatoms. The van der Waals surface area contributed by atoms with Gasteiger partial charge in [-0.3, -0.25) is 14.4 Å². The number of likely N-dealkylation sites (tertiary alicyclic amines) is 1. The van der Waals surface area contributed by atoms with E-state index in [1.54, 1.807) is 20.8 Å². The van der Waals surface area contributed by atoms with Crippen molar-refractivity contribution in [1.82, 2.24) is 15.5 Å². The van der Waals surface area contributed by atoms with Crippen molar-refractivity contribution in [1.29, 1.82) is 0 Å². The maximum absolute atomic E-state index is 13.2. The molecule has 0 aliphatic carbocycles. The second-order valence-electron chi connectivity index (χ2n) is 10.1. The van der Waals surface area contributed by atoms with E-state index in [9.17, 15) is 19.2 Å². The van der Waals surface area contributed by atoms with Crippen LogP contribution in [0.2, 0.25) is 0 Å². The van der Waals surface area contributed by atoms with Crippen molar-refractivity contribution in [3.8, 4) is 0 Å². The SMILES string of the molecule is CC(C)C[C@H](NC(=O)[C@@H](CC(C)C)NC(=O)OC(C)(C)C)C(=O)N1CCC[C@@H]1C(N)=O. The third kappa shape index (κ3) is 9.14. The van der Waals surface area contributed by atoms with Crippen molar-refractivity contribution >= 4 is 23.8 Å². The molecular weight excluding hydrogens is 400 g/mol. The van der Waals surface area contributed by atoms with Gasteiger partial charge in [-0.05, 0) is 58.3 Å². The van der Waals surface area contributed by atoms with E-state index in [2.05, 4.69) is 10.6 Å². The quantitative estimate of drug-likeness (QED) is 0.504. The van der Waals surface area contributed by atoms with E-state index < -0.39 is 41.6 Å². The molecule has 0 aromatic heterocycles. The number of carbonyl (C=O) groups is 4. The van der Waals surface area contributed by atoms with Gasteiger partial charge >= 0.3 is 6.09 Å². The standard InChI is InChI=1S/C22H40N4O5/c1-13(2)11-15(25-21(30)31-22(5,6)7)19(28)24-16(12-14(3)4)20(29)26-10-8-9-17(26)18(23)27/h13-17H,8-12H2,1-7H3,(H2,23,27)(H,24,28)(H,25,30)/t15-,16+,17-/m1/s1. The van der Waals surface area contributed by atoms with Gasteiger partial charge in [0.2, 0.25) is 17.7 Å². The molecular formula is C22H40N4O5. The Kier molecular flexibility index (Phi) is 9.77. The third-order valence-corrected chi connectivity index (χ3v) is 4.90. The lowest BCUT2D eigenvalue weighted by Gasteiger charge is -2.30. The number of amides is 4. The summed E-state index contributed by atoms with van der Waals surface area (Å²) in [4.78, 5) is 51.7. The molecule has 178 valence electrons. The molecule has 0 spiro atoms. The topological polar surface area (TPSA) is 131 Å². The molecule has 3 atom stereocenters. The van der Waals surface area contributed by atoms with Crippen LogP contribution in [0.1, 0.15) is 74.1 Å². The van der Waals surface area contributed by atoms with Crippen LogP contribution in [0, 0.1) is 11.8 Å².